The average molecular weight is 266 g/mol. The van der Waals surface area contributed by atoms with Crippen LogP contribution in [0.2, 0.25) is 0 Å². The lowest BCUT2D eigenvalue weighted by Gasteiger charge is -2.00. The van der Waals surface area contributed by atoms with Gasteiger partial charge in [0.1, 0.15) is 16.4 Å². The average Bonchev–Trinajstić information content (AvgIpc) is 2.49. The fraction of sp³-hybridized carbons (Fsp3) is 0.667. The van der Waals surface area contributed by atoms with Crippen molar-refractivity contribution in [2.45, 2.75) is 11.7 Å². The molecule has 0 saturated heterocycles. The summed E-state index contributed by atoms with van der Waals surface area (Å²) in [5, 5.41) is 19.2. The molecule has 1 heterocycles. The molecule has 0 aliphatic carbocycles. The number of nitrogens with zero attached hydrogens (tertiary/aromatic N) is 4. The van der Waals surface area contributed by atoms with Gasteiger partial charge < -0.3 is 5.11 Å². The number of aliphatic carboxylic acids is 1. The number of thioether (sulfide) groups is 1. The molecule has 0 bridgehead atoms. The van der Waals surface area contributed by atoms with Crippen molar-refractivity contribution in [3.05, 3.63) is 0 Å². The predicted octanol–water partition coefficient (Wildman–Crippen LogP) is -1.11. The maximum atomic E-state index is 10.9. The Hall–Kier alpha value is -1.16. The van der Waals surface area contributed by atoms with Crippen molar-refractivity contribution in [2.75, 3.05) is 17.8 Å². The lowest BCUT2D eigenvalue weighted by Crippen LogP contribution is -2.12. The van der Waals surface area contributed by atoms with Crippen molar-refractivity contribution < 1.29 is 18.3 Å². The van der Waals surface area contributed by atoms with Crippen LogP contribution in [0.3, 0.4) is 0 Å². The van der Waals surface area contributed by atoms with Gasteiger partial charge in [0.2, 0.25) is 5.16 Å². The maximum absolute atomic E-state index is 10.9. The van der Waals surface area contributed by atoms with E-state index in [1.54, 1.807) is 0 Å². The number of carboxylic acids is 1. The Labute approximate surface area is 95.9 Å². The lowest BCUT2D eigenvalue weighted by molar-refractivity contribution is -0.138. The molecule has 0 aliphatic rings. The molecule has 90 valence electrons. The summed E-state index contributed by atoms with van der Waals surface area (Å²) in [6.07, 6.45) is 1.13. The van der Waals surface area contributed by atoms with Crippen LogP contribution in [-0.4, -0.2) is 57.5 Å². The zero-order chi connectivity index (χ0) is 12.2. The van der Waals surface area contributed by atoms with Crippen LogP contribution < -0.4 is 0 Å². The van der Waals surface area contributed by atoms with Gasteiger partial charge in [-0.1, -0.05) is 11.8 Å². The summed E-state index contributed by atoms with van der Waals surface area (Å²) in [5.74, 6) is -0.770. The first kappa shape index (κ1) is 12.9. The molecule has 0 aromatic carbocycles. The molecule has 1 aromatic rings. The van der Waals surface area contributed by atoms with E-state index in [0.717, 1.165) is 22.7 Å². The molecule has 16 heavy (non-hydrogen) atoms. The van der Waals surface area contributed by atoms with Crippen LogP contribution in [0, 0.1) is 0 Å². The Morgan fingerprint density at radius 2 is 2.25 bits per heavy atom. The molecule has 0 radical (unpaired) electrons. The van der Waals surface area contributed by atoms with Crippen molar-refractivity contribution in [1.82, 2.24) is 20.2 Å². The highest BCUT2D eigenvalue weighted by atomic mass is 32.2. The van der Waals surface area contributed by atoms with Gasteiger partial charge in [-0.25, -0.2) is 13.1 Å². The Balaban J connectivity index is 2.54. The zero-order valence-corrected chi connectivity index (χ0v) is 10.0. The fourth-order valence-corrected chi connectivity index (χ4v) is 2.88. The third kappa shape index (κ3) is 4.57. The Morgan fingerprint density at radius 3 is 2.81 bits per heavy atom. The molecule has 0 saturated carbocycles. The number of hydrogen-bond donors (Lipinski definition) is 1. The Morgan fingerprint density at radius 1 is 1.56 bits per heavy atom. The first-order valence-electron chi connectivity index (χ1n) is 4.17. The van der Waals surface area contributed by atoms with Crippen LogP contribution >= 0.6 is 11.8 Å². The van der Waals surface area contributed by atoms with E-state index < -0.39 is 15.8 Å². The first-order valence-corrected chi connectivity index (χ1v) is 7.21. The summed E-state index contributed by atoms with van der Waals surface area (Å²) in [6.45, 7) is -0.339. The van der Waals surface area contributed by atoms with Gasteiger partial charge in [0, 0.05) is 12.0 Å². The third-order valence-electron chi connectivity index (χ3n) is 1.47. The number of aromatic nitrogens is 4. The molecular weight excluding hydrogens is 256 g/mol. The van der Waals surface area contributed by atoms with Crippen LogP contribution in [0.5, 0.6) is 0 Å². The molecule has 8 nitrogen and oxygen atoms in total. The standard InChI is InChI=1S/C6H10N4O4S2/c1-16(13,14)3-2-15-6-7-8-9-10(6)4-5(11)12/h2-4H2,1H3,(H,11,12). The minimum atomic E-state index is -3.03. The van der Waals surface area contributed by atoms with Crippen molar-refractivity contribution >= 4 is 27.6 Å². The summed E-state index contributed by atoms with van der Waals surface area (Å²) < 4.78 is 22.8. The van der Waals surface area contributed by atoms with Crippen molar-refractivity contribution in [3.8, 4) is 0 Å². The van der Waals surface area contributed by atoms with Crippen LogP contribution in [0.25, 0.3) is 0 Å². The summed E-state index contributed by atoms with van der Waals surface area (Å²) in [5.41, 5.74) is 0. The molecule has 10 heteroatoms. The highest BCUT2D eigenvalue weighted by Gasteiger charge is 2.11. The van der Waals surface area contributed by atoms with E-state index in [4.69, 9.17) is 5.11 Å². The van der Waals surface area contributed by atoms with Crippen LogP contribution in [0.4, 0.5) is 0 Å². The normalized spacial score (nSPS) is 11.6. The largest absolute Gasteiger partial charge is 0.480 e. The minimum absolute atomic E-state index is 0.00238. The number of carboxylic acid groups (broad SMARTS) is 1. The minimum Gasteiger partial charge on any atom is -0.480 e. The van der Waals surface area contributed by atoms with Crippen molar-refractivity contribution in [1.29, 1.82) is 0 Å². The second kappa shape index (κ2) is 5.25. The SMILES string of the molecule is CS(=O)(=O)CCSc1nnnn1CC(=O)O. The molecule has 1 rings (SSSR count). The molecule has 0 fully saturated rings. The monoisotopic (exact) mass is 266 g/mol. The van der Waals surface area contributed by atoms with Gasteiger partial charge in [-0.2, -0.15) is 0 Å². The van der Waals surface area contributed by atoms with E-state index in [0.29, 0.717) is 10.9 Å². The zero-order valence-electron chi connectivity index (χ0n) is 8.40. The number of rotatable bonds is 6. The molecule has 1 aromatic heterocycles. The molecule has 0 aliphatic heterocycles. The molecule has 0 amide bonds. The van der Waals surface area contributed by atoms with Crippen LogP contribution in [0.1, 0.15) is 0 Å². The number of tetrazole rings is 1. The fourth-order valence-electron chi connectivity index (χ4n) is 0.812. The van der Waals surface area contributed by atoms with Crippen LogP contribution in [-0.2, 0) is 21.2 Å². The second-order valence-electron chi connectivity index (χ2n) is 2.99. The number of sulfone groups is 1. The van der Waals surface area contributed by atoms with Gasteiger partial charge >= 0.3 is 5.97 Å². The van der Waals surface area contributed by atoms with E-state index in [1.165, 1.54) is 0 Å². The Kier molecular flexibility index (Phi) is 4.24. The highest BCUT2D eigenvalue weighted by Crippen LogP contribution is 2.13. The van der Waals surface area contributed by atoms with E-state index in [1.807, 2.05) is 0 Å². The summed E-state index contributed by atoms with van der Waals surface area (Å²) in [7, 11) is -3.03. The first-order chi connectivity index (χ1) is 7.38. The van der Waals surface area contributed by atoms with E-state index in [-0.39, 0.29) is 12.3 Å². The molecule has 0 unspecified atom stereocenters. The van der Waals surface area contributed by atoms with Crippen molar-refractivity contribution in [2.24, 2.45) is 0 Å². The van der Waals surface area contributed by atoms with Crippen LogP contribution in [0.15, 0.2) is 5.16 Å². The number of hydrogen-bond acceptors (Lipinski definition) is 7. The molecule has 1 N–H and O–H groups in total. The lowest BCUT2D eigenvalue weighted by atomic mass is 10.7. The van der Waals surface area contributed by atoms with E-state index in [9.17, 15) is 13.2 Å². The van der Waals surface area contributed by atoms with Gasteiger partial charge in [-0.05, 0) is 10.4 Å². The van der Waals surface area contributed by atoms with E-state index >= 15 is 0 Å². The summed E-state index contributed by atoms with van der Waals surface area (Å²) >= 11 is 1.11. The highest BCUT2D eigenvalue weighted by molar-refractivity contribution is 8.00. The predicted molar refractivity (Wildman–Crippen MR) is 55.9 cm³/mol. The number of carbonyl (C=O) groups is 1. The Bertz CT molecular complexity index is 469. The van der Waals surface area contributed by atoms with Gasteiger partial charge in [0.15, 0.2) is 0 Å². The van der Waals surface area contributed by atoms with Gasteiger partial charge in [0.05, 0.1) is 5.75 Å². The molecular formula is C6H10N4O4S2. The maximum Gasteiger partial charge on any atom is 0.325 e. The van der Waals surface area contributed by atoms with Gasteiger partial charge in [-0.15, -0.1) is 5.10 Å². The van der Waals surface area contributed by atoms with Crippen molar-refractivity contribution in [3.63, 3.8) is 0 Å². The van der Waals surface area contributed by atoms with Gasteiger partial charge in [-0.3, -0.25) is 4.79 Å². The summed E-state index contributed by atoms with van der Waals surface area (Å²) in [4.78, 5) is 10.4. The topological polar surface area (TPSA) is 115 Å². The van der Waals surface area contributed by atoms with E-state index in [2.05, 4.69) is 15.5 Å². The summed E-state index contributed by atoms with van der Waals surface area (Å²) in [6, 6.07) is 0. The second-order valence-corrected chi connectivity index (χ2v) is 6.31. The third-order valence-corrected chi connectivity index (χ3v) is 3.63. The smallest absolute Gasteiger partial charge is 0.325 e. The molecule has 0 atom stereocenters. The quantitative estimate of drug-likeness (QED) is 0.645. The van der Waals surface area contributed by atoms with Gasteiger partial charge in [0.25, 0.3) is 0 Å². The molecule has 0 spiro atoms.